The Morgan fingerprint density at radius 1 is 1.18 bits per heavy atom. The predicted molar refractivity (Wildman–Crippen MR) is 118 cm³/mol. The number of nitrogens with zero attached hydrogens (tertiary/aromatic N) is 5. The van der Waals surface area contributed by atoms with Crippen LogP contribution in [-0.4, -0.2) is 63.3 Å². The summed E-state index contributed by atoms with van der Waals surface area (Å²) in [5.41, 5.74) is 2.92. The Bertz CT molecular complexity index is 893. The van der Waals surface area contributed by atoms with Crippen LogP contribution in [0.4, 0.5) is 19.1 Å². The van der Waals surface area contributed by atoms with Crippen LogP contribution in [0, 0.1) is 5.41 Å². The van der Waals surface area contributed by atoms with Crippen molar-refractivity contribution in [2.75, 3.05) is 25.0 Å². The third-order valence-corrected chi connectivity index (χ3v) is 6.55. The summed E-state index contributed by atoms with van der Waals surface area (Å²) in [6, 6.07) is 6.87. The molecule has 2 aliphatic rings. The Balaban J connectivity index is 0.000000383. The maximum atomic E-state index is 10.6. The van der Waals surface area contributed by atoms with Gasteiger partial charge in [0.25, 0.3) is 0 Å². The first kappa shape index (κ1) is 24.9. The number of carboxylic acids is 1. The van der Waals surface area contributed by atoms with E-state index in [2.05, 4.69) is 50.9 Å². The number of carboxylic acid groups (broad SMARTS) is 1. The summed E-state index contributed by atoms with van der Waals surface area (Å²) < 4.78 is 31.7. The lowest BCUT2D eigenvalue weighted by Gasteiger charge is -2.54. The monoisotopic (exact) mass is 465 g/mol. The zero-order valence-electron chi connectivity index (χ0n) is 18.9. The van der Waals surface area contributed by atoms with Crippen molar-refractivity contribution in [2.45, 2.75) is 57.8 Å². The van der Waals surface area contributed by atoms with Crippen LogP contribution in [0.15, 0.2) is 36.8 Å². The first-order valence-electron chi connectivity index (χ1n) is 11.1. The highest BCUT2D eigenvalue weighted by Crippen LogP contribution is 2.51. The van der Waals surface area contributed by atoms with Crippen molar-refractivity contribution in [1.29, 1.82) is 0 Å². The summed E-state index contributed by atoms with van der Waals surface area (Å²) >= 11 is 0. The van der Waals surface area contributed by atoms with Gasteiger partial charge in [-0.3, -0.25) is 9.88 Å². The van der Waals surface area contributed by atoms with Crippen LogP contribution < -0.4 is 4.90 Å². The van der Waals surface area contributed by atoms with Crippen LogP contribution >= 0.6 is 0 Å². The van der Waals surface area contributed by atoms with Crippen molar-refractivity contribution < 1.29 is 23.1 Å². The maximum Gasteiger partial charge on any atom is 0.490 e. The summed E-state index contributed by atoms with van der Waals surface area (Å²) in [4.78, 5) is 27.3. The molecule has 4 rings (SSSR count). The van der Waals surface area contributed by atoms with Gasteiger partial charge < -0.3 is 10.0 Å². The molecule has 2 fully saturated rings. The number of anilines is 1. The Morgan fingerprint density at radius 2 is 1.79 bits per heavy atom. The van der Waals surface area contributed by atoms with Crippen molar-refractivity contribution >= 4 is 11.9 Å². The number of aromatic nitrogens is 3. The van der Waals surface area contributed by atoms with Crippen molar-refractivity contribution in [1.82, 2.24) is 19.9 Å². The van der Waals surface area contributed by atoms with Gasteiger partial charge in [0.05, 0.1) is 5.69 Å². The molecule has 1 aliphatic heterocycles. The van der Waals surface area contributed by atoms with Crippen molar-refractivity contribution in [3.05, 3.63) is 48.0 Å². The molecule has 0 aromatic carbocycles. The molecule has 33 heavy (non-hydrogen) atoms. The molecule has 1 spiro atoms. The molecule has 0 bridgehead atoms. The normalized spacial score (nSPS) is 17.9. The number of carbonyl (C=O) groups is 1. The minimum absolute atomic E-state index is 0.545. The van der Waals surface area contributed by atoms with Gasteiger partial charge in [0.15, 0.2) is 0 Å². The summed E-state index contributed by atoms with van der Waals surface area (Å²) in [6.45, 7) is 5.26. The fourth-order valence-corrected chi connectivity index (χ4v) is 4.41. The molecule has 2 aromatic rings. The summed E-state index contributed by atoms with van der Waals surface area (Å²) in [6.07, 6.45) is 6.91. The summed E-state index contributed by atoms with van der Waals surface area (Å²) in [5, 5.41) is 7.12. The second-order valence-corrected chi connectivity index (χ2v) is 8.83. The van der Waals surface area contributed by atoms with Gasteiger partial charge in [0, 0.05) is 44.3 Å². The van der Waals surface area contributed by atoms with E-state index in [9.17, 15) is 13.2 Å². The molecule has 1 saturated heterocycles. The molecule has 3 heterocycles. The van der Waals surface area contributed by atoms with E-state index in [4.69, 9.17) is 9.90 Å². The lowest BCUT2D eigenvalue weighted by atomic mass is 9.60. The first-order valence-corrected chi connectivity index (χ1v) is 11.1. The topological polar surface area (TPSA) is 82.5 Å². The second-order valence-electron chi connectivity index (χ2n) is 8.83. The Kier molecular flexibility index (Phi) is 7.88. The Morgan fingerprint density at radius 3 is 2.27 bits per heavy atom. The number of piperidine rings is 1. The fraction of sp³-hybridized carbons (Fsp3) is 0.565. The number of alkyl halides is 3. The number of hydrogen-bond donors (Lipinski definition) is 1. The number of hydrogen-bond acceptors (Lipinski definition) is 6. The lowest BCUT2D eigenvalue weighted by Crippen LogP contribution is -2.54. The van der Waals surface area contributed by atoms with Crippen LogP contribution in [0.2, 0.25) is 0 Å². The number of aryl methyl sites for hydroxylation is 1. The molecule has 0 atom stereocenters. The molecule has 1 saturated carbocycles. The minimum atomic E-state index is -5.08. The molecular formula is C23H30F3N5O2. The minimum Gasteiger partial charge on any atom is -0.475 e. The zero-order chi connectivity index (χ0) is 24.1. The van der Waals surface area contributed by atoms with E-state index in [1.165, 1.54) is 36.9 Å². The van der Waals surface area contributed by atoms with Crippen LogP contribution in [0.1, 0.15) is 43.9 Å². The number of pyridine rings is 1. The van der Waals surface area contributed by atoms with Gasteiger partial charge in [0.2, 0.25) is 5.95 Å². The highest BCUT2D eigenvalue weighted by Gasteiger charge is 2.47. The van der Waals surface area contributed by atoms with Gasteiger partial charge in [0.1, 0.15) is 0 Å². The fourth-order valence-electron chi connectivity index (χ4n) is 4.41. The smallest absolute Gasteiger partial charge is 0.475 e. The maximum absolute atomic E-state index is 10.6. The zero-order valence-corrected chi connectivity index (χ0v) is 18.9. The molecule has 7 nitrogen and oxygen atoms in total. The molecule has 2 aromatic heterocycles. The number of halogens is 3. The standard InChI is InChI=1S/C21H29N5.C2HF3O2/c1-3-17-14-23-20(24-15-17)26-10-7-21(8-11-26)12-19(13-21)25(2)16-18-6-4-5-9-22-18;3-2(4,5)1(6)7/h4-6,9,14-15,19H,3,7-8,10-13,16H2,1-2H3;(H,6,7). The SMILES string of the molecule is CCc1cnc(N2CCC3(CC2)CC(N(C)Cc2ccccn2)C3)nc1.O=C(O)C(F)(F)F. The highest BCUT2D eigenvalue weighted by atomic mass is 19.4. The van der Waals surface area contributed by atoms with Crippen molar-refractivity contribution in [3.63, 3.8) is 0 Å². The number of aliphatic carboxylic acids is 1. The van der Waals surface area contributed by atoms with E-state index in [0.29, 0.717) is 11.5 Å². The average molecular weight is 466 g/mol. The lowest BCUT2D eigenvalue weighted by molar-refractivity contribution is -0.192. The molecule has 1 N–H and O–H groups in total. The van der Waals surface area contributed by atoms with Gasteiger partial charge in [-0.1, -0.05) is 13.0 Å². The van der Waals surface area contributed by atoms with Crippen LogP contribution in [-0.2, 0) is 17.8 Å². The van der Waals surface area contributed by atoms with Gasteiger partial charge in [-0.05, 0) is 62.3 Å². The van der Waals surface area contributed by atoms with Crippen LogP contribution in [0.25, 0.3) is 0 Å². The van der Waals surface area contributed by atoms with E-state index < -0.39 is 12.1 Å². The van der Waals surface area contributed by atoms with Gasteiger partial charge in [-0.2, -0.15) is 13.2 Å². The molecule has 0 radical (unpaired) electrons. The molecular weight excluding hydrogens is 435 g/mol. The van der Waals surface area contributed by atoms with E-state index in [0.717, 1.165) is 32.0 Å². The van der Waals surface area contributed by atoms with Crippen LogP contribution in [0.5, 0.6) is 0 Å². The third-order valence-electron chi connectivity index (χ3n) is 6.55. The number of rotatable bonds is 5. The highest BCUT2D eigenvalue weighted by molar-refractivity contribution is 5.73. The third kappa shape index (κ3) is 6.63. The largest absolute Gasteiger partial charge is 0.490 e. The first-order chi connectivity index (χ1) is 15.6. The summed E-state index contributed by atoms with van der Waals surface area (Å²) in [5.74, 6) is -1.85. The van der Waals surface area contributed by atoms with E-state index in [-0.39, 0.29) is 0 Å². The van der Waals surface area contributed by atoms with Crippen molar-refractivity contribution in [3.8, 4) is 0 Å². The molecule has 0 unspecified atom stereocenters. The van der Waals surface area contributed by atoms with Crippen molar-refractivity contribution in [2.24, 2.45) is 5.41 Å². The predicted octanol–water partition coefficient (Wildman–Crippen LogP) is 3.95. The van der Waals surface area contributed by atoms with E-state index >= 15 is 0 Å². The molecule has 1 aliphatic carbocycles. The van der Waals surface area contributed by atoms with E-state index in [1.54, 1.807) is 0 Å². The van der Waals surface area contributed by atoms with Gasteiger partial charge in [-0.15, -0.1) is 0 Å². The van der Waals surface area contributed by atoms with Gasteiger partial charge in [-0.25, -0.2) is 14.8 Å². The van der Waals surface area contributed by atoms with Gasteiger partial charge >= 0.3 is 12.1 Å². The van der Waals surface area contributed by atoms with Crippen LogP contribution in [0.3, 0.4) is 0 Å². The quantitative estimate of drug-likeness (QED) is 0.716. The summed E-state index contributed by atoms with van der Waals surface area (Å²) in [7, 11) is 2.24. The Hall–Kier alpha value is -2.75. The molecule has 10 heteroatoms. The molecule has 0 amide bonds. The second kappa shape index (κ2) is 10.5. The average Bonchev–Trinajstić information content (AvgIpc) is 2.78. The Labute approximate surface area is 191 Å². The molecule has 180 valence electrons. The van der Waals surface area contributed by atoms with E-state index in [1.807, 2.05) is 24.7 Å².